The van der Waals surface area contributed by atoms with Crippen molar-refractivity contribution in [2.45, 2.75) is 38.3 Å². The molecule has 1 aliphatic heterocycles. The molecule has 1 aromatic carbocycles. The summed E-state index contributed by atoms with van der Waals surface area (Å²) in [5, 5.41) is 7.44. The van der Waals surface area contributed by atoms with E-state index in [4.69, 9.17) is 4.98 Å². The molecule has 6 rings (SSSR count). The fourth-order valence-corrected chi connectivity index (χ4v) is 4.95. The molecule has 1 saturated carbocycles. The molecular formula is C25H25F2N7O. The number of nitrogens with one attached hydrogen (secondary N) is 1. The fraction of sp³-hybridized carbons (Fsp3) is 0.360. The molecule has 4 heterocycles. The van der Waals surface area contributed by atoms with Gasteiger partial charge in [-0.15, -0.1) is 0 Å². The van der Waals surface area contributed by atoms with Gasteiger partial charge in [0, 0.05) is 61.4 Å². The molecule has 1 N–H and O–H groups in total. The van der Waals surface area contributed by atoms with Crippen LogP contribution in [0, 0.1) is 0 Å². The second-order valence-electron chi connectivity index (χ2n) is 9.17. The highest BCUT2D eigenvalue weighted by molar-refractivity contribution is 5.96. The summed E-state index contributed by atoms with van der Waals surface area (Å²) in [7, 11) is 3.36. The normalized spacial score (nSPS) is 15.6. The fourth-order valence-electron chi connectivity index (χ4n) is 4.95. The Labute approximate surface area is 200 Å². The quantitative estimate of drug-likeness (QED) is 0.470. The van der Waals surface area contributed by atoms with E-state index in [9.17, 15) is 13.6 Å². The second-order valence-corrected chi connectivity index (χ2v) is 9.17. The molecule has 180 valence electrons. The van der Waals surface area contributed by atoms with Crippen molar-refractivity contribution in [3.05, 3.63) is 53.7 Å². The molecule has 2 aliphatic rings. The van der Waals surface area contributed by atoms with E-state index < -0.39 is 6.43 Å². The first-order valence-corrected chi connectivity index (χ1v) is 11.7. The first-order chi connectivity index (χ1) is 16.9. The third kappa shape index (κ3) is 3.64. The molecule has 35 heavy (non-hydrogen) atoms. The van der Waals surface area contributed by atoms with E-state index in [1.165, 1.54) is 6.07 Å². The molecule has 0 saturated heterocycles. The van der Waals surface area contributed by atoms with Crippen molar-refractivity contribution in [3.8, 4) is 22.5 Å². The molecule has 0 spiro atoms. The number of nitrogens with zero attached hydrogens (tertiary/aromatic N) is 6. The number of halogens is 2. The number of amides is 2. The van der Waals surface area contributed by atoms with Crippen molar-refractivity contribution in [1.29, 1.82) is 0 Å². The van der Waals surface area contributed by atoms with E-state index in [2.05, 4.69) is 20.0 Å². The molecule has 0 radical (unpaired) electrons. The summed E-state index contributed by atoms with van der Waals surface area (Å²) in [6, 6.07) is 7.00. The standard InChI is InChI=1S/C25H25F2N7O/c1-28-25(35)33-8-9-34-20(13-33)22(31-24(34)14-6-7-14)16-4-3-5-19-17(16)10-18(23(26)27)21(30-19)15-11-29-32(2)12-15/h3-5,10-12,14,23H,6-9,13H2,1-2H3,(H,28,35). The number of alkyl halides is 2. The van der Waals surface area contributed by atoms with Crippen LogP contribution >= 0.6 is 0 Å². The van der Waals surface area contributed by atoms with Crippen molar-refractivity contribution >= 4 is 16.9 Å². The predicted molar refractivity (Wildman–Crippen MR) is 127 cm³/mol. The van der Waals surface area contributed by atoms with Gasteiger partial charge in [-0.3, -0.25) is 4.68 Å². The van der Waals surface area contributed by atoms with E-state index >= 15 is 0 Å². The smallest absolute Gasteiger partial charge is 0.317 e. The zero-order chi connectivity index (χ0) is 24.3. The Kier molecular flexibility index (Phi) is 5.05. The number of urea groups is 1. The van der Waals surface area contributed by atoms with E-state index in [0.29, 0.717) is 42.0 Å². The zero-order valence-electron chi connectivity index (χ0n) is 19.5. The number of hydrogen-bond donors (Lipinski definition) is 1. The Balaban J connectivity index is 1.54. The molecule has 1 aliphatic carbocycles. The molecular weight excluding hydrogens is 452 g/mol. The number of pyridine rings is 1. The Morgan fingerprint density at radius 3 is 2.69 bits per heavy atom. The highest BCUT2D eigenvalue weighted by Crippen LogP contribution is 2.44. The maximum Gasteiger partial charge on any atom is 0.317 e. The Hall–Kier alpha value is -3.82. The van der Waals surface area contributed by atoms with Crippen LogP contribution in [0.4, 0.5) is 13.6 Å². The van der Waals surface area contributed by atoms with Gasteiger partial charge in [0.05, 0.1) is 35.3 Å². The van der Waals surface area contributed by atoms with Crippen LogP contribution in [-0.4, -0.2) is 48.8 Å². The third-order valence-corrected chi connectivity index (χ3v) is 6.84. The molecule has 2 amide bonds. The van der Waals surface area contributed by atoms with Gasteiger partial charge < -0.3 is 14.8 Å². The second kappa shape index (κ2) is 8.14. The SMILES string of the molecule is CNC(=O)N1CCn2c(C3CC3)nc(-c3cccc4nc(-c5cnn(C)c5)c(C(F)F)cc34)c2C1. The number of aromatic nitrogens is 5. The van der Waals surface area contributed by atoms with Crippen LogP contribution in [0.15, 0.2) is 36.7 Å². The number of imidazole rings is 1. The number of benzene rings is 1. The first-order valence-electron chi connectivity index (χ1n) is 11.7. The van der Waals surface area contributed by atoms with Gasteiger partial charge in [0.1, 0.15) is 5.82 Å². The van der Waals surface area contributed by atoms with Gasteiger partial charge in [0.2, 0.25) is 0 Å². The summed E-state index contributed by atoms with van der Waals surface area (Å²) in [6.45, 7) is 1.68. The lowest BCUT2D eigenvalue weighted by atomic mass is 9.99. The molecule has 3 aromatic heterocycles. The number of hydrogen-bond acceptors (Lipinski definition) is 4. The summed E-state index contributed by atoms with van der Waals surface area (Å²) in [5.41, 5.74) is 3.68. The van der Waals surface area contributed by atoms with Crippen molar-refractivity contribution in [2.75, 3.05) is 13.6 Å². The number of carbonyl (C=O) groups excluding carboxylic acids is 1. The number of rotatable bonds is 4. The van der Waals surface area contributed by atoms with Crippen molar-refractivity contribution in [2.24, 2.45) is 7.05 Å². The lowest BCUT2D eigenvalue weighted by Gasteiger charge is -2.29. The van der Waals surface area contributed by atoms with E-state index in [-0.39, 0.29) is 17.3 Å². The summed E-state index contributed by atoms with van der Waals surface area (Å²) >= 11 is 0. The largest absolute Gasteiger partial charge is 0.341 e. The van der Waals surface area contributed by atoms with Crippen molar-refractivity contribution in [3.63, 3.8) is 0 Å². The van der Waals surface area contributed by atoms with Gasteiger partial charge in [-0.05, 0) is 25.0 Å². The van der Waals surface area contributed by atoms with Crippen LogP contribution in [0.3, 0.4) is 0 Å². The lowest BCUT2D eigenvalue weighted by Crippen LogP contribution is -2.43. The number of aryl methyl sites for hydroxylation is 1. The lowest BCUT2D eigenvalue weighted by molar-refractivity contribution is 0.152. The summed E-state index contributed by atoms with van der Waals surface area (Å²) in [5.74, 6) is 1.44. The van der Waals surface area contributed by atoms with Crippen LogP contribution < -0.4 is 5.32 Å². The van der Waals surface area contributed by atoms with Gasteiger partial charge >= 0.3 is 6.03 Å². The zero-order valence-corrected chi connectivity index (χ0v) is 19.5. The van der Waals surface area contributed by atoms with Gasteiger partial charge in [-0.2, -0.15) is 5.10 Å². The maximum atomic E-state index is 14.2. The molecule has 4 aromatic rings. The summed E-state index contributed by atoms with van der Waals surface area (Å²) in [4.78, 5) is 23.8. The summed E-state index contributed by atoms with van der Waals surface area (Å²) in [6.07, 6.45) is 2.72. The van der Waals surface area contributed by atoms with Crippen LogP contribution in [0.5, 0.6) is 0 Å². The number of carbonyl (C=O) groups is 1. The van der Waals surface area contributed by atoms with Gasteiger partial charge in [0.25, 0.3) is 6.43 Å². The molecule has 0 atom stereocenters. The van der Waals surface area contributed by atoms with Crippen LogP contribution in [0.2, 0.25) is 0 Å². The van der Waals surface area contributed by atoms with E-state index in [1.54, 1.807) is 36.1 Å². The minimum atomic E-state index is -2.70. The highest BCUT2D eigenvalue weighted by Gasteiger charge is 2.34. The average Bonchev–Trinajstić information content (AvgIpc) is 3.51. The monoisotopic (exact) mass is 477 g/mol. The Morgan fingerprint density at radius 1 is 1.17 bits per heavy atom. The number of fused-ring (bicyclic) bond motifs is 2. The highest BCUT2D eigenvalue weighted by atomic mass is 19.3. The van der Waals surface area contributed by atoms with Gasteiger partial charge in [-0.25, -0.2) is 23.5 Å². The van der Waals surface area contributed by atoms with Crippen molar-refractivity contribution < 1.29 is 13.6 Å². The van der Waals surface area contributed by atoms with E-state index in [1.807, 2.05) is 18.2 Å². The van der Waals surface area contributed by atoms with Gasteiger partial charge in [-0.1, -0.05) is 12.1 Å². The topological polar surface area (TPSA) is 80.9 Å². The molecule has 0 unspecified atom stereocenters. The summed E-state index contributed by atoms with van der Waals surface area (Å²) < 4.78 is 32.2. The maximum absolute atomic E-state index is 14.2. The Morgan fingerprint density at radius 2 is 2.00 bits per heavy atom. The molecule has 10 heteroatoms. The first kappa shape index (κ1) is 21.7. The van der Waals surface area contributed by atoms with Crippen LogP contribution in [-0.2, 0) is 20.1 Å². The van der Waals surface area contributed by atoms with Crippen molar-refractivity contribution in [1.82, 2.24) is 34.5 Å². The van der Waals surface area contributed by atoms with E-state index in [0.717, 1.165) is 35.6 Å². The van der Waals surface area contributed by atoms with Crippen LogP contribution in [0.25, 0.3) is 33.4 Å². The minimum Gasteiger partial charge on any atom is -0.341 e. The molecule has 8 nitrogen and oxygen atoms in total. The minimum absolute atomic E-state index is 0.138. The predicted octanol–water partition coefficient (Wildman–Crippen LogP) is 4.47. The average molecular weight is 478 g/mol. The Bertz CT molecular complexity index is 1450. The molecule has 0 bridgehead atoms. The molecule has 1 fully saturated rings. The van der Waals surface area contributed by atoms with Crippen LogP contribution in [0.1, 0.15) is 42.3 Å². The van der Waals surface area contributed by atoms with Gasteiger partial charge in [0.15, 0.2) is 0 Å². The third-order valence-electron chi connectivity index (χ3n) is 6.84.